The molecule has 1 aromatic rings. The molecule has 5 heteroatoms. The maximum Gasteiger partial charge on any atom is 0.244 e. The first-order valence-corrected chi connectivity index (χ1v) is 6.24. The van der Waals surface area contributed by atoms with E-state index in [0.717, 1.165) is 31.4 Å². The van der Waals surface area contributed by atoms with Gasteiger partial charge in [0.1, 0.15) is 5.82 Å². The van der Waals surface area contributed by atoms with Crippen molar-refractivity contribution in [3.8, 4) is 0 Å². The summed E-state index contributed by atoms with van der Waals surface area (Å²) < 4.78 is 0. The summed E-state index contributed by atoms with van der Waals surface area (Å²) in [5.41, 5.74) is 5.68. The third kappa shape index (κ3) is 1.91. The number of piperidine rings is 1. The minimum absolute atomic E-state index is 0.655. The van der Waals surface area contributed by atoms with Crippen LogP contribution in [0.15, 0.2) is 0 Å². The SMILES string of the molecule is NCC1CCN(c2n[nH]c(C3CC3)n2)CC1. The van der Waals surface area contributed by atoms with Gasteiger partial charge in [-0.25, -0.2) is 0 Å². The highest BCUT2D eigenvalue weighted by Crippen LogP contribution is 2.38. The van der Waals surface area contributed by atoms with E-state index in [2.05, 4.69) is 20.1 Å². The molecule has 2 fully saturated rings. The lowest BCUT2D eigenvalue weighted by Crippen LogP contribution is -2.36. The Morgan fingerprint density at radius 2 is 2.00 bits per heavy atom. The standard InChI is InChI=1S/C11H19N5/c12-7-8-3-5-16(6-4-8)11-13-10(14-15-11)9-1-2-9/h8-9H,1-7,12H2,(H,13,14,15). The summed E-state index contributed by atoms with van der Waals surface area (Å²) in [5, 5.41) is 7.37. The predicted molar refractivity (Wildman–Crippen MR) is 62.3 cm³/mol. The van der Waals surface area contributed by atoms with Crippen molar-refractivity contribution in [2.75, 3.05) is 24.5 Å². The van der Waals surface area contributed by atoms with Gasteiger partial charge >= 0.3 is 0 Å². The second-order valence-corrected chi connectivity index (χ2v) is 4.96. The van der Waals surface area contributed by atoms with E-state index in [-0.39, 0.29) is 0 Å². The first kappa shape index (κ1) is 10.1. The summed E-state index contributed by atoms with van der Waals surface area (Å²) in [7, 11) is 0. The van der Waals surface area contributed by atoms with Gasteiger partial charge in [0.25, 0.3) is 0 Å². The maximum atomic E-state index is 5.68. The Balaban J connectivity index is 1.63. The molecular weight excluding hydrogens is 202 g/mol. The van der Waals surface area contributed by atoms with Crippen molar-refractivity contribution in [3.63, 3.8) is 0 Å². The summed E-state index contributed by atoms with van der Waals surface area (Å²) in [6, 6.07) is 0. The second-order valence-electron chi connectivity index (χ2n) is 4.96. The van der Waals surface area contributed by atoms with Crippen molar-refractivity contribution in [1.29, 1.82) is 0 Å². The molecule has 0 spiro atoms. The van der Waals surface area contributed by atoms with Crippen LogP contribution in [0.1, 0.15) is 37.4 Å². The van der Waals surface area contributed by atoms with Gasteiger partial charge < -0.3 is 10.6 Å². The van der Waals surface area contributed by atoms with Crippen LogP contribution in [0.3, 0.4) is 0 Å². The Morgan fingerprint density at radius 3 is 2.62 bits per heavy atom. The number of hydrogen-bond donors (Lipinski definition) is 2. The van der Waals surface area contributed by atoms with Gasteiger partial charge in [0.15, 0.2) is 0 Å². The third-order valence-electron chi connectivity index (χ3n) is 3.69. The Labute approximate surface area is 95.4 Å². The average molecular weight is 221 g/mol. The number of nitrogens with one attached hydrogen (secondary N) is 1. The highest BCUT2D eigenvalue weighted by molar-refractivity contribution is 5.30. The van der Waals surface area contributed by atoms with Crippen molar-refractivity contribution in [3.05, 3.63) is 5.82 Å². The van der Waals surface area contributed by atoms with Crippen LogP contribution >= 0.6 is 0 Å². The van der Waals surface area contributed by atoms with Gasteiger partial charge in [-0.05, 0) is 38.1 Å². The van der Waals surface area contributed by atoms with E-state index in [1.165, 1.54) is 25.7 Å². The molecule has 1 aliphatic heterocycles. The molecule has 16 heavy (non-hydrogen) atoms. The lowest BCUT2D eigenvalue weighted by atomic mass is 9.97. The highest BCUT2D eigenvalue weighted by Gasteiger charge is 2.28. The number of nitrogens with two attached hydrogens (primary N) is 1. The minimum Gasteiger partial charge on any atom is -0.340 e. The molecule has 1 saturated heterocycles. The van der Waals surface area contributed by atoms with Crippen molar-refractivity contribution in [2.24, 2.45) is 11.7 Å². The van der Waals surface area contributed by atoms with Crippen molar-refractivity contribution < 1.29 is 0 Å². The van der Waals surface area contributed by atoms with Gasteiger partial charge in [0.05, 0.1) is 0 Å². The van der Waals surface area contributed by atoms with Crippen molar-refractivity contribution in [2.45, 2.75) is 31.6 Å². The summed E-state index contributed by atoms with van der Waals surface area (Å²) >= 11 is 0. The van der Waals surface area contributed by atoms with Crippen molar-refractivity contribution in [1.82, 2.24) is 15.2 Å². The largest absolute Gasteiger partial charge is 0.340 e. The highest BCUT2D eigenvalue weighted by atomic mass is 15.4. The molecule has 2 heterocycles. The molecule has 88 valence electrons. The van der Waals surface area contributed by atoms with E-state index in [1.54, 1.807) is 0 Å². The van der Waals surface area contributed by atoms with E-state index >= 15 is 0 Å². The number of aromatic amines is 1. The van der Waals surface area contributed by atoms with E-state index in [1.807, 2.05) is 0 Å². The predicted octanol–water partition coefficient (Wildman–Crippen LogP) is 0.857. The van der Waals surface area contributed by atoms with E-state index in [9.17, 15) is 0 Å². The van der Waals surface area contributed by atoms with Gasteiger partial charge in [-0.3, -0.25) is 5.10 Å². The van der Waals surface area contributed by atoms with Crippen LogP contribution in [0.4, 0.5) is 5.95 Å². The first-order valence-electron chi connectivity index (χ1n) is 6.24. The van der Waals surface area contributed by atoms with Gasteiger partial charge in [0, 0.05) is 19.0 Å². The van der Waals surface area contributed by atoms with E-state index in [0.29, 0.717) is 11.8 Å². The molecule has 0 radical (unpaired) electrons. The monoisotopic (exact) mass is 221 g/mol. The Kier molecular flexibility index (Phi) is 2.55. The Bertz CT molecular complexity index is 349. The topological polar surface area (TPSA) is 70.8 Å². The fraction of sp³-hybridized carbons (Fsp3) is 0.818. The second kappa shape index (κ2) is 4.05. The van der Waals surface area contributed by atoms with Crippen LogP contribution < -0.4 is 10.6 Å². The van der Waals surface area contributed by atoms with E-state index in [4.69, 9.17) is 5.73 Å². The first-order chi connectivity index (χ1) is 7.86. The number of hydrogen-bond acceptors (Lipinski definition) is 4. The zero-order valence-corrected chi connectivity index (χ0v) is 9.52. The van der Waals surface area contributed by atoms with Crippen LogP contribution in [-0.2, 0) is 0 Å². The quantitative estimate of drug-likeness (QED) is 0.794. The number of aromatic nitrogens is 3. The molecule has 3 rings (SSSR count). The van der Waals surface area contributed by atoms with Crippen LogP contribution in [0.5, 0.6) is 0 Å². The molecule has 0 amide bonds. The number of H-pyrrole nitrogens is 1. The molecule has 1 aromatic heterocycles. The van der Waals surface area contributed by atoms with Gasteiger partial charge in [-0.2, -0.15) is 4.98 Å². The molecule has 0 aromatic carbocycles. The van der Waals surface area contributed by atoms with Crippen LogP contribution in [0, 0.1) is 5.92 Å². The Morgan fingerprint density at radius 1 is 1.25 bits per heavy atom. The van der Waals surface area contributed by atoms with Crippen LogP contribution in [-0.4, -0.2) is 34.8 Å². The molecular formula is C11H19N5. The molecule has 1 aliphatic carbocycles. The normalized spacial score (nSPS) is 22.7. The fourth-order valence-electron chi connectivity index (χ4n) is 2.31. The molecule has 5 nitrogen and oxygen atoms in total. The number of nitrogens with zero attached hydrogens (tertiary/aromatic N) is 3. The third-order valence-corrected chi connectivity index (χ3v) is 3.69. The van der Waals surface area contributed by atoms with Crippen molar-refractivity contribution >= 4 is 5.95 Å². The molecule has 0 unspecified atom stereocenters. The van der Waals surface area contributed by atoms with Crippen LogP contribution in [0.2, 0.25) is 0 Å². The zero-order chi connectivity index (χ0) is 11.0. The lowest BCUT2D eigenvalue weighted by Gasteiger charge is -2.30. The summed E-state index contributed by atoms with van der Waals surface area (Å²) in [6.45, 7) is 2.91. The molecule has 0 atom stereocenters. The minimum atomic E-state index is 0.655. The summed E-state index contributed by atoms with van der Waals surface area (Å²) in [4.78, 5) is 6.85. The zero-order valence-electron chi connectivity index (χ0n) is 9.52. The molecule has 2 aliphatic rings. The van der Waals surface area contributed by atoms with Gasteiger partial charge in [-0.1, -0.05) is 0 Å². The molecule has 1 saturated carbocycles. The lowest BCUT2D eigenvalue weighted by molar-refractivity contribution is 0.411. The summed E-state index contributed by atoms with van der Waals surface area (Å²) in [5.74, 6) is 3.31. The van der Waals surface area contributed by atoms with Crippen LogP contribution in [0.25, 0.3) is 0 Å². The van der Waals surface area contributed by atoms with E-state index < -0.39 is 0 Å². The number of rotatable bonds is 3. The summed E-state index contributed by atoms with van der Waals surface area (Å²) in [6.07, 6.45) is 4.88. The molecule has 0 bridgehead atoms. The van der Waals surface area contributed by atoms with Gasteiger partial charge in [-0.15, -0.1) is 5.10 Å². The molecule has 3 N–H and O–H groups in total. The smallest absolute Gasteiger partial charge is 0.244 e. The number of anilines is 1. The maximum absolute atomic E-state index is 5.68. The average Bonchev–Trinajstić information content (AvgIpc) is 3.08. The fourth-order valence-corrected chi connectivity index (χ4v) is 2.31. The van der Waals surface area contributed by atoms with Gasteiger partial charge in [0.2, 0.25) is 5.95 Å². The Hall–Kier alpha value is -1.10.